The van der Waals surface area contributed by atoms with Crippen LogP contribution in [0.15, 0.2) is 69.1 Å². The van der Waals surface area contributed by atoms with Gasteiger partial charge >= 0.3 is 6.03 Å². The number of nitrogens with zero attached hydrogens (tertiary/aromatic N) is 1. The Hall–Kier alpha value is -3.47. The van der Waals surface area contributed by atoms with Gasteiger partial charge in [0.15, 0.2) is 6.61 Å². The van der Waals surface area contributed by atoms with Gasteiger partial charge in [0.1, 0.15) is 11.3 Å². The highest BCUT2D eigenvalue weighted by molar-refractivity contribution is 9.11. The third-order valence-electron chi connectivity index (χ3n) is 5.56. The Morgan fingerprint density at radius 1 is 1.05 bits per heavy atom. The van der Waals surface area contributed by atoms with Crippen LogP contribution in [0.3, 0.4) is 0 Å². The molecular weight excluding hydrogens is 642 g/mol. The molecule has 194 valence electrons. The Labute approximate surface area is 240 Å². The number of aryl methyl sites for hydroxylation is 1. The normalized spacial score (nSPS) is 14.5. The smallest absolute Gasteiger partial charge is 0.335 e. The van der Waals surface area contributed by atoms with Gasteiger partial charge in [0.25, 0.3) is 17.7 Å². The summed E-state index contributed by atoms with van der Waals surface area (Å²) in [6.07, 6.45) is 1.36. The Kier molecular flexibility index (Phi) is 8.35. The summed E-state index contributed by atoms with van der Waals surface area (Å²) in [4.78, 5) is 51.6. The van der Waals surface area contributed by atoms with E-state index in [0.29, 0.717) is 36.5 Å². The lowest BCUT2D eigenvalue weighted by Gasteiger charge is -2.27. The highest BCUT2D eigenvalue weighted by Crippen LogP contribution is 2.36. The number of halogens is 3. The van der Waals surface area contributed by atoms with Gasteiger partial charge in [0, 0.05) is 10.7 Å². The van der Waals surface area contributed by atoms with E-state index in [1.807, 2.05) is 25.1 Å². The van der Waals surface area contributed by atoms with E-state index in [9.17, 15) is 19.2 Å². The van der Waals surface area contributed by atoms with Crippen LogP contribution in [-0.2, 0) is 14.4 Å². The first-order chi connectivity index (χ1) is 18.0. The van der Waals surface area contributed by atoms with Crippen LogP contribution in [0.5, 0.6) is 5.75 Å². The molecule has 3 aromatic rings. The largest absolute Gasteiger partial charge is 0.481 e. The molecule has 0 radical (unpaired) electrons. The summed E-state index contributed by atoms with van der Waals surface area (Å²) in [5.74, 6) is -1.59. The lowest BCUT2D eigenvalue weighted by molar-refractivity contribution is -0.122. The maximum absolute atomic E-state index is 13.2. The number of carbonyl (C=O) groups excluding carboxylic acids is 4. The third-order valence-corrected chi connectivity index (χ3v) is 7.15. The van der Waals surface area contributed by atoms with Crippen LogP contribution >= 0.6 is 43.5 Å². The second-order valence-electron chi connectivity index (χ2n) is 8.36. The molecule has 11 heteroatoms. The molecular formula is C27H20Br2ClN3O5. The predicted octanol–water partition coefficient (Wildman–Crippen LogP) is 6.17. The number of imide groups is 2. The van der Waals surface area contributed by atoms with E-state index in [-0.39, 0.29) is 23.8 Å². The SMILES string of the molecule is Cc1cccc(NC(=O)COc2c(Br)cc(/C=C3/C(=O)NC(=O)N(c4cccc(Cl)c4C)C3=O)cc2Br)c1. The average molecular weight is 662 g/mol. The minimum absolute atomic E-state index is 0.242. The van der Waals surface area contributed by atoms with E-state index in [1.165, 1.54) is 6.08 Å². The number of anilines is 2. The van der Waals surface area contributed by atoms with Crippen LogP contribution in [-0.4, -0.2) is 30.4 Å². The van der Waals surface area contributed by atoms with Crippen molar-refractivity contribution in [3.63, 3.8) is 0 Å². The van der Waals surface area contributed by atoms with Crippen molar-refractivity contribution in [3.05, 3.63) is 90.8 Å². The van der Waals surface area contributed by atoms with Crippen molar-refractivity contribution in [2.75, 3.05) is 16.8 Å². The van der Waals surface area contributed by atoms with E-state index in [0.717, 1.165) is 10.5 Å². The fourth-order valence-corrected chi connectivity index (χ4v) is 5.36. The second kappa shape index (κ2) is 11.5. The summed E-state index contributed by atoms with van der Waals surface area (Å²) >= 11 is 13.0. The molecule has 5 amide bonds. The number of hydrogen-bond donors (Lipinski definition) is 2. The number of carbonyl (C=O) groups is 4. The number of rotatable bonds is 6. The van der Waals surface area contributed by atoms with Crippen molar-refractivity contribution >= 4 is 84.7 Å². The van der Waals surface area contributed by atoms with E-state index < -0.39 is 17.8 Å². The second-order valence-corrected chi connectivity index (χ2v) is 10.5. The molecule has 0 atom stereocenters. The minimum atomic E-state index is -0.863. The summed E-state index contributed by atoms with van der Waals surface area (Å²) in [5.41, 5.74) is 2.69. The molecule has 1 aliphatic heterocycles. The number of ether oxygens (including phenoxy) is 1. The number of amides is 5. The molecule has 4 rings (SSSR count). The number of urea groups is 1. The molecule has 2 N–H and O–H groups in total. The van der Waals surface area contributed by atoms with Gasteiger partial charge in [0.05, 0.1) is 14.6 Å². The molecule has 0 unspecified atom stereocenters. The molecule has 1 fully saturated rings. The van der Waals surface area contributed by atoms with E-state index >= 15 is 0 Å². The first-order valence-electron chi connectivity index (χ1n) is 11.2. The lowest BCUT2D eigenvalue weighted by Crippen LogP contribution is -2.54. The molecule has 0 aromatic heterocycles. The van der Waals surface area contributed by atoms with E-state index in [4.69, 9.17) is 16.3 Å². The zero-order valence-corrected chi connectivity index (χ0v) is 24.0. The Morgan fingerprint density at radius 2 is 1.74 bits per heavy atom. The van der Waals surface area contributed by atoms with Gasteiger partial charge in [-0.1, -0.05) is 29.8 Å². The van der Waals surface area contributed by atoms with Gasteiger partial charge in [-0.3, -0.25) is 19.7 Å². The zero-order chi connectivity index (χ0) is 27.6. The van der Waals surface area contributed by atoms with Crippen LogP contribution < -0.4 is 20.3 Å². The Bertz CT molecular complexity index is 1500. The molecule has 1 saturated heterocycles. The fraction of sp³-hybridized carbons (Fsp3) is 0.111. The van der Waals surface area contributed by atoms with Gasteiger partial charge in [-0.05, 0) is 105 Å². The van der Waals surface area contributed by atoms with Crippen LogP contribution in [0.2, 0.25) is 5.02 Å². The fourth-order valence-electron chi connectivity index (χ4n) is 3.74. The number of hydrogen-bond acceptors (Lipinski definition) is 5. The van der Waals surface area contributed by atoms with Crippen LogP contribution in [0.4, 0.5) is 16.2 Å². The van der Waals surface area contributed by atoms with E-state index in [2.05, 4.69) is 42.5 Å². The molecule has 3 aromatic carbocycles. The van der Waals surface area contributed by atoms with Crippen LogP contribution in [0, 0.1) is 13.8 Å². The van der Waals surface area contributed by atoms with Gasteiger partial charge in [0.2, 0.25) is 0 Å². The minimum Gasteiger partial charge on any atom is -0.481 e. The van der Waals surface area contributed by atoms with Crippen molar-refractivity contribution in [1.82, 2.24) is 5.32 Å². The summed E-state index contributed by atoms with van der Waals surface area (Å²) in [6, 6.07) is 14.6. The monoisotopic (exact) mass is 659 g/mol. The van der Waals surface area contributed by atoms with Crippen LogP contribution in [0.25, 0.3) is 6.08 Å². The van der Waals surface area contributed by atoms with Crippen molar-refractivity contribution in [3.8, 4) is 5.75 Å². The van der Waals surface area contributed by atoms with Crippen molar-refractivity contribution in [1.29, 1.82) is 0 Å². The molecule has 8 nitrogen and oxygen atoms in total. The molecule has 0 spiro atoms. The molecule has 1 aliphatic rings. The zero-order valence-electron chi connectivity index (χ0n) is 20.1. The number of benzene rings is 3. The molecule has 38 heavy (non-hydrogen) atoms. The highest BCUT2D eigenvalue weighted by atomic mass is 79.9. The number of nitrogens with one attached hydrogen (secondary N) is 2. The summed E-state index contributed by atoms with van der Waals surface area (Å²) < 4.78 is 6.65. The summed E-state index contributed by atoms with van der Waals surface area (Å²) in [7, 11) is 0. The van der Waals surface area contributed by atoms with Gasteiger partial charge in [-0.2, -0.15) is 0 Å². The third kappa shape index (κ3) is 5.98. The Morgan fingerprint density at radius 3 is 2.42 bits per heavy atom. The van der Waals surface area contributed by atoms with Crippen molar-refractivity contribution in [2.45, 2.75) is 13.8 Å². The van der Waals surface area contributed by atoms with Crippen molar-refractivity contribution in [2.24, 2.45) is 0 Å². The van der Waals surface area contributed by atoms with Crippen LogP contribution in [0.1, 0.15) is 16.7 Å². The van der Waals surface area contributed by atoms with E-state index in [1.54, 1.807) is 43.3 Å². The summed E-state index contributed by atoms with van der Waals surface area (Å²) in [5, 5.41) is 5.34. The summed E-state index contributed by atoms with van der Waals surface area (Å²) in [6.45, 7) is 3.35. The molecule has 0 bridgehead atoms. The average Bonchev–Trinajstić information content (AvgIpc) is 2.84. The lowest BCUT2D eigenvalue weighted by atomic mass is 10.1. The first-order valence-corrected chi connectivity index (χ1v) is 13.2. The highest BCUT2D eigenvalue weighted by Gasteiger charge is 2.37. The molecule has 0 saturated carbocycles. The number of barbiturate groups is 1. The van der Waals surface area contributed by atoms with Crippen molar-refractivity contribution < 1.29 is 23.9 Å². The Balaban J connectivity index is 1.55. The maximum atomic E-state index is 13.2. The topological polar surface area (TPSA) is 105 Å². The quantitative estimate of drug-likeness (QED) is 0.243. The van der Waals surface area contributed by atoms with Gasteiger partial charge in [-0.25, -0.2) is 9.69 Å². The standard InChI is InChI=1S/C27H20Br2ClN3O5/c1-14-5-3-6-17(9-14)31-23(34)13-38-24-19(28)11-16(12-20(24)29)10-18-25(35)32-27(37)33(26(18)36)22-8-4-7-21(30)15(22)2/h3-12H,13H2,1-2H3,(H,31,34)(H,32,35,37)/b18-10-. The first kappa shape index (κ1) is 27.6. The molecule has 0 aliphatic carbocycles. The van der Waals surface area contributed by atoms with Gasteiger partial charge < -0.3 is 10.1 Å². The predicted molar refractivity (Wildman–Crippen MR) is 152 cm³/mol. The maximum Gasteiger partial charge on any atom is 0.335 e. The molecule has 1 heterocycles. The van der Waals surface area contributed by atoms with Gasteiger partial charge in [-0.15, -0.1) is 0 Å².